The number of hydrogen-bond donors (Lipinski definition) is 2. The molecule has 2 N–H and O–H groups in total. The molecule has 0 saturated carbocycles. The van der Waals surface area contributed by atoms with Gasteiger partial charge in [0.1, 0.15) is 0 Å². The van der Waals surface area contributed by atoms with Crippen LogP contribution in [0.25, 0.3) is 0 Å². The van der Waals surface area contributed by atoms with Crippen molar-refractivity contribution in [1.29, 1.82) is 0 Å². The second-order valence-corrected chi connectivity index (χ2v) is 6.03. The number of carbonyl (C=O) groups excluding carboxylic acids is 1. The SMILES string of the molecule is Cc1c(Br)cncc1C(=O)NCCC1(O)CCCOC1. The highest BCUT2D eigenvalue weighted by Crippen LogP contribution is 2.22. The molecular weight excluding hydrogens is 324 g/mol. The van der Waals surface area contributed by atoms with E-state index in [1.165, 1.54) is 0 Å². The van der Waals surface area contributed by atoms with Crippen molar-refractivity contribution < 1.29 is 14.6 Å². The molecule has 2 heterocycles. The predicted octanol–water partition coefficient (Wildman–Crippen LogP) is 1.81. The average Bonchev–Trinajstić information content (AvgIpc) is 2.42. The van der Waals surface area contributed by atoms with Crippen molar-refractivity contribution in [2.45, 2.75) is 31.8 Å². The Morgan fingerprint density at radius 1 is 1.60 bits per heavy atom. The monoisotopic (exact) mass is 342 g/mol. The van der Waals surface area contributed by atoms with Gasteiger partial charge in [0.05, 0.1) is 17.8 Å². The topological polar surface area (TPSA) is 71.5 Å². The van der Waals surface area contributed by atoms with Gasteiger partial charge in [0, 0.05) is 30.0 Å². The molecule has 1 atom stereocenters. The first-order valence-corrected chi connectivity index (χ1v) is 7.50. The number of hydrogen-bond acceptors (Lipinski definition) is 4. The zero-order chi connectivity index (χ0) is 14.6. The first kappa shape index (κ1) is 15.4. The summed E-state index contributed by atoms with van der Waals surface area (Å²) in [5.41, 5.74) is 0.597. The molecule has 0 radical (unpaired) electrons. The number of nitrogens with zero attached hydrogens (tertiary/aromatic N) is 1. The first-order chi connectivity index (χ1) is 9.52. The molecule has 0 aromatic carbocycles. The Morgan fingerprint density at radius 3 is 3.10 bits per heavy atom. The van der Waals surface area contributed by atoms with Crippen LogP contribution in [0.5, 0.6) is 0 Å². The summed E-state index contributed by atoms with van der Waals surface area (Å²) in [7, 11) is 0. The van der Waals surface area contributed by atoms with Gasteiger partial charge in [-0.05, 0) is 47.7 Å². The van der Waals surface area contributed by atoms with E-state index in [1.807, 2.05) is 6.92 Å². The molecule has 1 aliphatic heterocycles. The van der Waals surface area contributed by atoms with Crippen LogP contribution in [0.2, 0.25) is 0 Å². The quantitative estimate of drug-likeness (QED) is 0.875. The van der Waals surface area contributed by atoms with Crippen LogP contribution in [0, 0.1) is 6.92 Å². The van der Waals surface area contributed by atoms with E-state index in [2.05, 4.69) is 26.2 Å². The molecule has 110 valence electrons. The summed E-state index contributed by atoms with van der Waals surface area (Å²) in [6, 6.07) is 0. The van der Waals surface area contributed by atoms with Crippen molar-refractivity contribution in [3.05, 3.63) is 28.0 Å². The van der Waals surface area contributed by atoms with Gasteiger partial charge in [-0.25, -0.2) is 0 Å². The van der Waals surface area contributed by atoms with Crippen LogP contribution in [-0.4, -0.2) is 41.4 Å². The van der Waals surface area contributed by atoms with E-state index < -0.39 is 5.60 Å². The van der Waals surface area contributed by atoms with Crippen molar-refractivity contribution in [2.75, 3.05) is 19.8 Å². The molecule has 1 fully saturated rings. The van der Waals surface area contributed by atoms with E-state index in [1.54, 1.807) is 12.4 Å². The van der Waals surface area contributed by atoms with E-state index in [0.717, 1.165) is 22.9 Å². The summed E-state index contributed by atoms with van der Waals surface area (Å²) in [5, 5.41) is 13.1. The Bertz CT molecular complexity index is 487. The predicted molar refractivity (Wildman–Crippen MR) is 78.6 cm³/mol. The largest absolute Gasteiger partial charge is 0.387 e. The Kier molecular flexibility index (Phi) is 5.12. The fourth-order valence-electron chi connectivity index (χ4n) is 2.27. The molecule has 1 saturated heterocycles. The van der Waals surface area contributed by atoms with Gasteiger partial charge >= 0.3 is 0 Å². The third kappa shape index (κ3) is 3.77. The maximum atomic E-state index is 12.1. The first-order valence-electron chi connectivity index (χ1n) is 6.70. The molecule has 0 aliphatic carbocycles. The van der Waals surface area contributed by atoms with Crippen molar-refractivity contribution in [3.63, 3.8) is 0 Å². The Labute approximate surface area is 126 Å². The van der Waals surface area contributed by atoms with Gasteiger partial charge in [0.25, 0.3) is 5.91 Å². The highest BCUT2D eigenvalue weighted by molar-refractivity contribution is 9.10. The van der Waals surface area contributed by atoms with Crippen LogP contribution in [0.15, 0.2) is 16.9 Å². The third-order valence-corrected chi connectivity index (χ3v) is 4.38. The van der Waals surface area contributed by atoms with Crippen LogP contribution in [0.3, 0.4) is 0 Å². The zero-order valence-corrected chi connectivity index (χ0v) is 13.1. The fraction of sp³-hybridized carbons (Fsp3) is 0.571. The average molecular weight is 343 g/mol. The third-order valence-electron chi connectivity index (χ3n) is 3.58. The highest BCUT2D eigenvalue weighted by atomic mass is 79.9. The van der Waals surface area contributed by atoms with E-state index in [4.69, 9.17) is 4.74 Å². The number of carbonyl (C=O) groups is 1. The van der Waals surface area contributed by atoms with E-state index in [-0.39, 0.29) is 5.91 Å². The van der Waals surface area contributed by atoms with Crippen molar-refractivity contribution >= 4 is 21.8 Å². The second kappa shape index (κ2) is 6.65. The van der Waals surface area contributed by atoms with Gasteiger partial charge in [-0.3, -0.25) is 9.78 Å². The lowest BCUT2D eigenvalue weighted by molar-refractivity contribution is -0.0887. The molecule has 1 amide bonds. The summed E-state index contributed by atoms with van der Waals surface area (Å²) >= 11 is 3.35. The Morgan fingerprint density at radius 2 is 2.40 bits per heavy atom. The minimum atomic E-state index is -0.809. The lowest BCUT2D eigenvalue weighted by Gasteiger charge is -2.31. The number of aliphatic hydroxyl groups is 1. The van der Waals surface area contributed by atoms with Crippen molar-refractivity contribution in [2.24, 2.45) is 0 Å². The lowest BCUT2D eigenvalue weighted by atomic mass is 9.93. The maximum absolute atomic E-state index is 12.1. The number of aromatic nitrogens is 1. The smallest absolute Gasteiger partial charge is 0.253 e. The summed E-state index contributed by atoms with van der Waals surface area (Å²) in [6.07, 6.45) is 5.29. The van der Waals surface area contributed by atoms with Gasteiger partial charge in [-0.2, -0.15) is 0 Å². The van der Waals surface area contributed by atoms with Crippen LogP contribution >= 0.6 is 15.9 Å². The van der Waals surface area contributed by atoms with E-state index in [0.29, 0.717) is 31.7 Å². The molecule has 0 spiro atoms. The van der Waals surface area contributed by atoms with Gasteiger partial charge in [0.2, 0.25) is 0 Å². The Balaban J connectivity index is 1.87. The molecule has 1 aliphatic rings. The van der Waals surface area contributed by atoms with Gasteiger partial charge in [-0.1, -0.05) is 0 Å². The summed E-state index contributed by atoms with van der Waals surface area (Å²) < 4.78 is 6.09. The number of amides is 1. The molecule has 1 unspecified atom stereocenters. The maximum Gasteiger partial charge on any atom is 0.253 e. The summed E-state index contributed by atoms with van der Waals surface area (Å²) in [5.74, 6) is -0.170. The fourth-order valence-corrected chi connectivity index (χ4v) is 2.60. The number of ether oxygens (including phenoxy) is 1. The van der Waals surface area contributed by atoms with Gasteiger partial charge < -0.3 is 15.2 Å². The molecule has 1 aromatic heterocycles. The number of nitrogens with one attached hydrogen (secondary N) is 1. The summed E-state index contributed by atoms with van der Waals surface area (Å²) in [6.45, 7) is 3.34. The minimum absolute atomic E-state index is 0.170. The number of pyridine rings is 1. The zero-order valence-electron chi connectivity index (χ0n) is 11.5. The van der Waals surface area contributed by atoms with Crippen LogP contribution in [0.1, 0.15) is 35.2 Å². The lowest BCUT2D eigenvalue weighted by Crippen LogP contribution is -2.41. The summed E-state index contributed by atoms with van der Waals surface area (Å²) in [4.78, 5) is 16.1. The molecular formula is C14H19BrN2O3. The van der Waals surface area contributed by atoms with E-state index >= 15 is 0 Å². The molecule has 5 nitrogen and oxygen atoms in total. The van der Waals surface area contributed by atoms with E-state index in [9.17, 15) is 9.90 Å². The van der Waals surface area contributed by atoms with Crippen molar-refractivity contribution in [3.8, 4) is 0 Å². The van der Waals surface area contributed by atoms with Crippen LogP contribution < -0.4 is 5.32 Å². The van der Waals surface area contributed by atoms with Crippen molar-refractivity contribution in [1.82, 2.24) is 10.3 Å². The number of halogens is 1. The number of rotatable bonds is 4. The second-order valence-electron chi connectivity index (χ2n) is 5.18. The molecule has 2 rings (SSSR count). The molecule has 1 aromatic rings. The Hall–Kier alpha value is -0.980. The molecule has 0 bridgehead atoms. The normalized spacial score (nSPS) is 22.6. The molecule has 20 heavy (non-hydrogen) atoms. The standard InChI is InChI=1S/C14H19BrN2O3/c1-10-11(7-16-8-12(10)15)13(18)17-5-4-14(19)3-2-6-20-9-14/h7-8,19H,2-6,9H2,1H3,(H,17,18). The van der Waals surface area contributed by atoms with Crippen LogP contribution in [0.4, 0.5) is 0 Å². The highest BCUT2D eigenvalue weighted by Gasteiger charge is 2.29. The minimum Gasteiger partial charge on any atom is -0.387 e. The van der Waals surface area contributed by atoms with Gasteiger partial charge in [-0.15, -0.1) is 0 Å². The van der Waals surface area contributed by atoms with Gasteiger partial charge in [0.15, 0.2) is 0 Å². The molecule has 6 heteroatoms. The van der Waals surface area contributed by atoms with Crippen LogP contribution in [-0.2, 0) is 4.74 Å².